The van der Waals surface area contributed by atoms with Gasteiger partial charge in [0.25, 0.3) is 0 Å². The number of rotatable bonds is 5. The summed E-state index contributed by atoms with van der Waals surface area (Å²) in [4.78, 5) is 12.9. The van der Waals surface area contributed by atoms with E-state index in [1.54, 1.807) is 0 Å². The number of tetrazole rings is 1. The third kappa shape index (κ3) is 3.39. The molecule has 1 aliphatic carbocycles. The van der Waals surface area contributed by atoms with Crippen LogP contribution in [0.2, 0.25) is 0 Å². The van der Waals surface area contributed by atoms with Gasteiger partial charge in [0.05, 0.1) is 19.1 Å². The molecule has 2 heterocycles. The summed E-state index contributed by atoms with van der Waals surface area (Å²) in [6.45, 7) is 6.42. The van der Waals surface area contributed by atoms with Crippen LogP contribution in [0.15, 0.2) is 0 Å². The maximum Gasteiger partial charge on any atom is 0.220 e. The van der Waals surface area contributed by atoms with Crippen LogP contribution >= 0.6 is 0 Å². The third-order valence-electron chi connectivity index (χ3n) is 5.60. The molecule has 0 radical (unpaired) electrons. The second-order valence-electron chi connectivity index (χ2n) is 7.48. The lowest BCUT2D eigenvalue weighted by molar-refractivity contribution is -0.941. The van der Waals surface area contributed by atoms with Gasteiger partial charge < -0.3 is 10.6 Å². The van der Waals surface area contributed by atoms with Crippen molar-refractivity contribution in [3.05, 3.63) is 5.82 Å². The highest BCUT2D eigenvalue weighted by atomic mass is 16.1. The number of piperidine rings is 1. The molecule has 2 aliphatic rings. The summed E-state index contributed by atoms with van der Waals surface area (Å²) in [6, 6.07) is 0.753. The Labute approximate surface area is 137 Å². The van der Waals surface area contributed by atoms with Crippen molar-refractivity contribution in [3.8, 4) is 0 Å². The molecular weight excluding hydrogens is 292 g/mol. The number of aromatic nitrogens is 4. The van der Waals surface area contributed by atoms with Crippen molar-refractivity contribution in [1.82, 2.24) is 20.2 Å². The minimum Gasteiger partial charge on any atom is -0.369 e. The minimum absolute atomic E-state index is 0.0392. The largest absolute Gasteiger partial charge is 0.369 e. The summed E-state index contributed by atoms with van der Waals surface area (Å²) < 4.78 is 2.09. The molecule has 0 aromatic carbocycles. The fraction of sp³-hybridized carbons (Fsp3) is 0.875. The Morgan fingerprint density at radius 1 is 1.22 bits per heavy atom. The second kappa shape index (κ2) is 6.95. The van der Waals surface area contributed by atoms with E-state index < -0.39 is 0 Å². The van der Waals surface area contributed by atoms with E-state index in [0.29, 0.717) is 18.0 Å². The lowest BCUT2D eigenvalue weighted by Gasteiger charge is -2.35. The number of amides is 1. The van der Waals surface area contributed by atoms with Crippen molar-refractivity contribution in [3.63, 3.8) is 0 Å². The summed E-state index contributed by atoms with van der Waals surface area (Å²) in [5.74, 6) is 1.37. The molecule has 1 atom stereocenters. The first kappa shape index (κ1) is 16.4. The van der Waals surface area contributed by atoms with E-state index in [9.17, 15) is 4.79 Å². The molecule has 0 spiro atoms. The SMILES string of the molecule is CC(C)[C@@H](c1nnnn1C1CCCC1)[NH+]1CCC(C(N)=O)CC1. The van der Waals surface area contributed by atoms with Crippen molar-refractivity contribution in [2.75, 3.05) is 13.1 Å². The van der Waals surface area contributed by atoms with Crippen molar-refractivity contribution < 1.29 is 9.69 Å². The van der Waals surface area contributed by atoms with Gasteiger partial charge in [0.1, 0.15) is 0 Å². The number of hydrogen-bond acceptors (Lipinski definition) is 4. The molecule has 1 amide bonds. The number of nitrogens with two attached hydrogens (primary N) is 1. The van der Waals surface area contributed by atoms with Crippen LogP contribution in [0.25, 0.3) is 0 Å². The number of carbonyl (C=O) groups is 1. The highest BCUT2D eigenvalue weighted by Gasteiger charge is 2.37. The van der Waals surface area contributed by atoms with Gasteiger partial charge in [0.15, 0.2) is 6.04 Å². The molecule has 1 aliphatic heterocycles. The van der Waals surface area contributed by atoms with Gasteiger partial charge in [-0.25, -0.2) is 4.68 Å². The minimum atomic E-state index is -0.152. The number of nitrogens with zero attached hydrogens (tertiary/aromatic N) is 4. The Balaban J connectivity index is 1.78. The molecule has 128 valence electrons. The van der Waals surface area contributed by atoms with Crippen molar-refractivity contribution >= 4 is 5.91 Å². The fourth-order valence-electron chi connectivity index (χ4n) is 4.35. The van der Waals surface area contributed by atoms with Gasteiger partial charge in [-0.2, -0.15) is 0 Å². The van der Waals surface area contributed by atoms with Crippen LogP contribution in [0, 0.1) is 11.8 Å². The zero-order valence-corrected chi connectivity index (χ0v) is 14.2. The molecular formula is C16H29N6O+. The zero-order valence-electron chi connectivity index (χ0n) is 14.2. The average molecular weight is 321 g/mol. The van der Waals surface area contributed by atoms with Crippen LogP contribution in [0.4, 0.5) is 0 Å². The Morgan fingerprint density at radius 3 is 2.43 bits per heavy atom. The van der Waals surface area contributed by atoms with Crippen LogP contribution in [0.5, 0.6) is 0 Å². The van der Waals surface area contributed by atoms with Gasteiger partial charge in [0, 0.05) is 24.7 Å². The van der Waals surface area contributed by atoms with Gasteiger partial charge in [-0.3, -0.25) is 4.79 Å². The van der Waals surface area contributed by atoms with E-state index in [1.807, 2.05) is 0 Å². The molecule has 23 heavy (non-hydrogen) atoms. The Morgan fingerprint density at radius 2 is 1.87 bits per heavy atom. The summed E-state index contributed by atoms with van der Waals surface area (Å²) in [6.07, 6.45) is 6.65. The molecule has 1 saturated carbocycles. The molecule has 2 fully saturated rings. The first-order chi connectivity index (χ1) is 11.1. The highest BCUT2D eigenvalue weighted by molar-refractivity contribution is 5.76. The van der Waals surface area contributed by atoms with Crippen LogP contribution < -0.4 is 10.6 Å². The molecule has 1 aromatic rings. The molecule has 1 aromatic heterocycles. The van der Waals surface area contributed by atoms with Crippen molar-refractivity contribution in [2.45, 2.75) is 64.5 Å². The maximum absolute atomic E-state index is 11.4. The quantitative estimate of drug-likeness (QED) is 0.814. The monoisotopic (exact) mass is 321 g/mol. The number of primary amides is 1. The van der Waals surface area contributed by atoms with Crippen molar-refractivity contribution in [1.29, 1.82) is 0 Å². The van der Waals surface area contributed by atoms with E-state index in [4.69, 9.17) is 5.73 Å². The van der Waals surface area contributed by atoms with Gasteiger partial charge in [-0.05, 0) is 23.3 Å². The molecule has 3 N–H and O–H groups in total. The van der Waals surface area contributed by atoms with E-state index in [2.05, 4.69) is 34.1 Å². The lowest BCUT2D eigenvalue weighted by Crippen LogP contribution is -3.14. The van der Waals surface area contributed by atoms with Crippen LogP contribution in [0.1, 0.15) is 70.3 Å². The molecule has 3 rings (SSSR count). The second-order valence-corrected chi connectivity index (χ2v) is 7.48. The van der Waals surface area contributed by atoms with E-state index >= 15 is 0 Å². The predicted octanol–water partition coefficient (Wildman–Crippen LogP) is 0.266. The normalized spacial score (nSPS) is 27.4. The third-order valence-corrected chi connectivity index (χ3v) is 5.60. The fourth-order valence-corrected chi connectivity index (χ4v) is 4.35. The van der Waals surface area contributed by atoms with E-state index in [-0.39, 0.29) is 11.8 Å². The van der Waals surface area contributed by atoms with Crippen LogP contribution in [0.3, 0.4) is 0 Å². The summed E-state index contributed by atoms with van der Waals surface area (Å²) in [5, 5.41) is 12.7. The summed E-state index contributed by atoms with van der Waals surface area (Å²) in [7, 11) is 0. The molecule has 0 unspecified atom stereocenters. The standard InChI is InChI=1S/C16H28N6O/c1-11(2)14(21-9-7-12(8-10-21)15(17)23)16-18-19-20-22(16)13-5-3-4-6-13/h11-14H,3-10H2,1-2H3,(H2,17,23)/p+1/t14-/m0/s1. The average Bonchev–Trinajstić information content (AvgIpc) is 3.18. The number of quaternary nitrogens is 1. The molecule has 1 saturated heterocycles. The maximum atomic E-state index is 11.4. The number of hydrogen-bond donors (Lipinski definition) is 2. The van der Waals surface area contributed by atoms with Gasteiger partial charge in [-0.1, -0.05) is 26.7 Å². The van der Waals surface area contributed by atoms with Crippen LogP contribution in [-0.4, -0.2) is 39.2 Å². The van der Waals surface area contributed by atoms with Crippen LogP contribution in [-0.2, 0) is 4.79 Å². The molecule has 7 nitrogen and oxygen atoms in total. The summed E-state index contributed by atoms with van der Waals surface area (Å²) >= 11 is 0. The Kier molecular flexibility index (Phi) is 4.94. The number of likely N-dealkylation sites (tertiary alicyclic amines) is 1. The first-order valence-electron chi connectivity index (χ1n) is 8.99. The molecule has 0 bridgehead atoms. The van der Waals surface area contributed by atoms with Crippen molar-refractivity contribution in [2.24, 2.45) is 17.6 Å². The first-order valence-corrected chi connectivity index (χ1v) is 8.99. The van der Waals surface area contributed by atoms with Gasteiger partial charge in [-0.15, -0.1) is 5.10 Å². The summed E-state index contributed by atoms with van der Waals surface area (Å²) in [5.41, 5.74) is 5.47. The van der Waals surface area contributed by atoms with E-state index in [1.165, 1.54) is 30.6 Å². The Bertz CT molecular complexity index is 528. The number of carbonyl (C=O) groups excluding carboxylic acids is 1. The predicted molar refractivity (Wildman–Crippen MR) is 85.5 cm³/mol. The Hall–Kier alpha value is -1.50. The lowest BCUT2D eigenvalue weighted by atomic mass is 9.92. The highest BCUT2D eigenvalue weighted by Crippen LogP contribution is 2.31. The smallest absolute Gasteiger partial charge is 0.220 e. The molecule has 7 heteroatoms. The van der Waals surface area contributed by atoms with E-state index in [0.717, 1.165) is 31.8 Å². The zero-order chi connectivity index (χ0) is 16.4. The van der Waals surface area contributed by atoms with Gasteiger partial charge >= 0.3 is 0 Å². The topological polar surface area (TPSA) is 91.1 Å². The van der Waals surface area contributed by atoms with Gasteiger partial charge in [0.2, 0.25) is 11.7 Å². The number of nitrogens with one attached hydrogen (secondary N) is 1.